The molecule has 0 aliphatic carbocycles. The van der Waals surface area contributed by atoms with Gasteiger partial charge in [-0.1, -0.05) is 18.2 Å². The van der Waals surface area contributed by atoms with E-state index in [0.717, 1.165) is 0 Å². The van der Waals surface area contributed by atoms with Gasteiger partial charge in [-0.2, -0.15) is 0 Å². The number of aromatic hydroxyl groups is 1. The van der Waals surface area contributed by atoms with E-state index in [9.17, 15) is 22.9 Å². The normalized spacial score (nSPS) is 19.0. The van der Waals surface area contributed by atoms with Crippen LogP contribution in [0.3, 0.4) is 0 Å². The van der Waals surface area contributed by atoms with Crippen LogP contribution in [0.5, 0.6) is 23.0 Å². The SMILES string of the molecule is O=C1OC2(c3ccc(O)cc3Oc3cc(OS(=O)(=O)[O-])ccc32)c2ccccc21. The third-order valence-electron chi connectivity index (χ3n) is 4.87. The van der Waals surface area contributed by atoms with Crippen molar-refractivity contribution in [3.8, 4) is 23.0 Å². The van der Waals surface area contributed by atoms with E-state index < -0.39 is 22.0 Å². The quantitative estimate of drug-likeness (QED) is 0.388. The van der Waals surface area contributed by atoms with E-state index >= 15 is 0 Å². The number of rotatable bonds is 2. The molecule has 0 fully saturated rings. The Labute approximate surface area is 164 Å². The Hall–Kier alpha value is -3.56. The Morgan fingerprint density at radius 2 is 1.62 bits per heavy atom. The van der Waals surface area contributed by atoms with E-state index in [4.69, 9.17) is 9.47 Å². The van der Waals surface area contributed by atoms with E-state index in [1.807, 2.05) is 0 Å². The lowest BCUT2D eigenvalue weighted by atomic mass is 9.77. The second kappa shape index (κ2) is 5.72. The number of carbonyl (C=O) groups is 1. The number of esters is 1. The fourth-order valence-electron chi connectivity index (χ4n) is 3.81. The number of ether oxygens (including phenoxy) is 2. The topological polar surface area (TPSA) is 122 Å². The summed E-state index contributed by atoms with van der Waals surface area (Å²) in [6.07, 6.45) is 0. The number of hydrogen-bond donors (Lipinski definition) is 1. The van der Waals surface area contributed by atoms with Gasteiger partial charge in [0.15, 0.2) is 5.60 Å². The molecule has 0 saturated carbocycles. The van der Waals surface area contributed by atoms with Gasteiger partial charge in [-0.25, -0.2) is 13.2 Å². The molecular formula is C20H11O8S-. The molecule has 1 atom stereocenters. The first-order valence-corrected chi connectivity index (χ1v) is 9.75. The maximum Gasteiger partial charge on any atom is 0.340 e. The highest BCUT2D eigenvalue weighted by Gasteiger charge is 2.53. The summed E-state index contributed by atoms with van der Waals surface area (Å²) in [5.41, 5.74) is 0.503. The molecule has 9 heteroatoms. The molecule has 29 heavy (non-hydrogen) atoms. The summed E-state index contributed by atoms with van der Waals surface area (Å²) < 4.78 is 48.9. The van der Waals surface area contributed by atoms with Gasteiger partial charge in [0, 0.05) is 28.8 Å². The van der Waals surface area contributed by atoms with Crippen molar-refractivity contribution in [2.45, 2.75) is 5.60 Å². The van der Waals surface area contributed by atoms with Crippen LogP contribution in [-0.4, -0.2) is 24.0 Å². The average Bonchev–Trinajstić information content (AvgIpc) is 2.94. The van der Waals surface area contributed by atoms with Crippen LogP contribution in [0.15, 0.2) is 60.7 Å². The summed E-state index contributed by atoms with van der Waals surface area (Å²) in [6, 6.07) is 15.2. The van der Waals surface area contributed by atoms with Gasteiger partial charge in [-0.15, -0.1) is 0 Å². The molecule has 0 radical (unpaired) electrons. The average molecular weight is 411 g/mol. The zero-order chi connectivity index (χ0) is 20.4. The third kappa shape index (κ3) is 2.55. The largest absolute Gasteiger partial charge is 0.716 e. The number of fused-ring (bicyclic) bond motifs is 6. The first-order valence-electron chi connectivity index (χ1n) is 8.42. The van der Waals surface area contributed by atoms with Crippen molar-refractivity contribution in [2.75, 3.05) is 0 Å². The van der Waals surface area contributed by atoms with E-state index in [1.165, 1.54) is 30.3 Å². The molecule has 0 saturated heterocycles. The van der Waals surface area contributed by atoms with Crippen LogP contribution in [0.25, 0.3) is 0 Å². The maximum atomic E-state index is 12.6. The fourth-order valence-corrected chi connectivity index (χ4v) is 4.15. The maximum absolute atomic E-state index is 12.6. The van der Waals surface area contributed by atoms with Crippen molar-refractivity contribution >= 4 is 16.4 Å². The van der Waals surface area contributed by atoms with E-state index in [2.05, 4.69) is 4.18 Å². The highest BCUT2D eigenvalue weighted by atomic mass is 32.3. The number of hydrogen-bond acceptors (Lipinski definition) is 8. The van der Waals surface area contributed by atoms with Crippen LogP contribution in [0.2, 0.25) is 0 Å². The Bertz CT molecular complexity index is 1300. The molecule has 0 amide bonds. The van der Waals surface area contributed by atoms with Gasteiger partial charge in [0.2, 0.25) is 0 Å². The second-order valence-electron chi connectivity index (χ2n) is 6.55. The number of carbonyl (C=O) groups excluding carboxylic acids is 1. The Kier molecular flexibility index (Phi) is 3.46. The van der Waals surface area contributed by atoms with Crippen molar-refractivity contribution in [3.05, 3.63) is 82.9 Å². The number of phenolic OH excluding ortho intramolecular Hbond substituents is 1. The molecule has 3 aromatic rings. The van der Waals surface area contributed by atoms with Gasteiger partial charge in [0.05, 0.1) is 5.56 Å². The van der Waals surface area contributed by atoms with Gasteiger partial charge in [0.25, 0.3) is 10.4 Å². The molecular weight excluding hydrogens is 400 g/mol. The third-order valence-corrected chi connectivity index (χ3v) is 5.26. The minimum atomic E-state index is -4.99. The zero-order valence-electron chi connectivity index (χ0n) is 14.5. The molecule has 2 aliphatic heterocycles. The molecule has 2 heterocycles. The Morgan fingerprint density at radius 1 is 0.931 bits per heavy atom. The number of phenols is 1. The monoisotopic (exact) mass is 411 g/mol. The van der Waals surface area contributed by atoms with Crippen LogP contribution < -0.4 is 8.92 Å². The molecule has 2 aliphatic rings. The highest BCUT2D eigenvalue weighted by molar-refractivity contribution is 7.81. The molecule has 3 aromatic carbocycles. The summed E-state index contributed by atoms with van der Waals surface area (Å²) >= 11 is 0. The molecule has 5 rings (SSSR count). The van der Waals surface area contributed by atoms with Crippen molar-refractivity contribution in [1.82, 2.24) is 0 Å². The molecule has 146 valence electrons. The van der Waals surface area contributed by atoms with E-state index in [-0.39, 0.29) is 23.0 Å². The van der Waals surface area contributed by atoms with Crippen LogP contribution in [0.1, 0.15) is 27.0 Å². The predicted octanol–water partition coefficient (Wildman–Crippen LogP) is 2.80. The van der Waals surface area contributed by atoms with Crippen molar-refractivity contribution in [2.24, 2.45) is 0 Å². The van der Waals surface area contributed by atoms with Crippen molar-refractivity contribution in [1.29, 1.82) is 0 Å². The predicted molar refractivity (Wildman–Crippen MR) is 96.7 cm³/mol. The minimum absolute atomic E-state index is 0.0745. The summed E-state index contributed by atoms with van der Waals surface area (Å²) in [7, 11) is -4.99. The summed E-state index contributed by atoms with van der Waals surface area (Å²) in [5.74, 6) is -0.530. The van der Waals surface area contributed by atoms with E-state index in [0.29, 0.717) is 22.3 Å². The summed E-state index contributed by atoms with van der Waals surface area (Å²) in [5, 5.41) is 9.89. The van der Waals surface area contributed by atoms with Gasteiger partial charge in [-0.3, -0.25) is 0 Å². The first-order chi connectivity index (χ1) is 13.8. The lowest BCUT2D eigenvalue weighted by Gasteiger charge is -2.36. The summed E-state index contributed by atoms with van der Waals surface area (Å²) in [4.78, 5) is 12.6. The second-order valence-corrected chi connectivity index (χ2v) is 7.53. The zero-order valence-corrected chi connectivity index (χ0v) is 15.3. The van der Waals surface area contributed by atoms with Crippen LogP contribution >= 0.6 is 0 Å². The molecule has 8 nitrogen and oxygen atoms in total. The smallest absolute Gasteiger partial charge is 0.340 e. The van der Waals surface area contributed by atoms with Crippen LogP contribution in [0.4, 0.5) is 0 Å². The van der Waals surface area contributed by atoms with Gasteiger partial charge in [0.1, 0.15) is 23.0 Å². The lowest BCUT2D eigenvalue weighted by Crippen LogP contribution is -2.33. The minimum Gasteiger partial charge on any atom is -0.716 e. The van der Waals surface area contributed by atoms with Gasteiger partial charge in [-0.05, 0) is 30.3 Å². The van der Waals surface area contributed by atoms with Gasteiger partial charge < -0.3 is 23.3 Å². The molecule has 0 bridgehead atoms. The Balaban J connectivity index is 1.80. The highest BCUT2D eigenvalue weighted by Crippen LogP contribution is 2.56. The molecule has 1 N–H and O–H groups in total. The van der Waals surface area contributed by atoms with Crippen LogP contribution in [0, 0.1) is 0 Å². The summed E-state index contributed by atoms with van der Waals surface area (Å²) in [6.45, 7) is 0. The molecule has 0 aromatic heterocycles. The lowest BCUT2D eigenvalue weighted by molar-refractivity contribution is 0.0224. The number of benzene rings is 3. The standard InChI is InChI=1S/C20H12O8S/c21-11-5-7-15-17(9-11)26-18-10-12(28-29(23,24)25)6-8-16(18)20(15)14-4-2-1-3-13(14)19(22)27-20/h1-10,21H,(H,23,24,25)/p-1. The van der Waals surface area contributed by atoms with Gasteiger partial charge >= 0.3 is 5.97 Å². The van der Waals surface area contributed by atoms with Crippen LogP contribution in [-0.2, 0) is 20.7 Å². The first kappa shape index (κ1) is 17.5. The molecule has 1 spiro atoms. The fraction of sp³-hybridized carbons (Fsp3) is 0.0500. The Morgan fingerprint density at radius 3 is 2.38 bits per heavy atom. The van der Waals surface area contributed by atoms with Crippen molar-refractivity contribution in [3.63, 3.8) is 0 Å². The molecule has 1 unspecified atom stereocenters. The van der Waals surface area contributed by atoms with Crippen molar-refractivity contribution < 1.29 is 36.5 Å². The van der Waals surface area contributed by atoms with E-state index in [1.54, 1.807) is 30.3 Å².